The minimum absolute atomic E-state index is 0.00397. The van der Waals surface area contributed by atoms with Crippen LogP contribution in [0.15, 0.2) is 48.6 Å². The molecule has 3 aliphatic carbocycles. The maximum absolute atomic E-state index is 13.3. The van der Waals surface area contributed by atoms with E-state index in [4.69, 9.17) is 21.1 Å². The van der Waals surface area contributed by atoms with Gasteiger partial charge in [-0.15, -0.1) is 0 Å². The van der Waals surface area contributed by atoms with Crippen LogP contribution in [0.25, 0.3) is 0 Å². The van der Waals surface area contributed by atoms with Gasteiger partial charge < -0.3 is 14.4 Å². The van der Waals surface area contributed by atoms with E-state index in [1.54, 1.807) is 13.2 Å². The van der Waals surface area contributed by atoms with Gasteiger partial charge in [0.1, 0.15) is 5.75 Å². The Morgan fingerprint density at radius 1 is 1.15 bits per heavy atom. The molecular formula is C32H37ClN2O5S. The lowest BCUT2D eigenvalue weighted by molar-refractivity contribution is 0.0131. The molecule has 2 bridgehead atoms. The minimum atomic E-state index is -3.76. The van der Waals surface area contributed by atoms with E-state index in [9.17, 15) is 13.2 Å². The van der Waals surface area contributed by atoms with Crippen molar-refractivity contribution >= 4 is 33.2 Å². The second kappa shape index (κ2) is 10.3. The molecule has 7 rings (SSSR count). The number of ether oxygens (including phenoxy) is 2. The number of benzene rings is 2. The molecule has 2 aromatic carbocycles. The molecule has 2 heterocycles. The molecule has 0 saturated heterocycles. The zero-order chi connectivity index (χ0) is 28.4. The Morgan fingerprint density at radius 2 is 2.02 bits per heavy atom. The smallest absolute Gasteiger partial charge is 0.264 e. The molecule has 2 aromatic rings. The molecule has 6 atom stereocenters. The number of fused-ring (bicyclic) bond motifs is 5. The number of carbonyl (C=O) groups is 1. The van der Waals surface area contributed by atoms with Gasteiger partial charge in [-0.1, -0.05) is 29.8 Å². The molecule has 5 aliphatic rings. The molecule has 9 heteroatoms. The zero-order valence-electron chi connectivity index (χ0n) is 23.4. The van der Waals surface area contributed by atoms with Crippen LogP contribution in [0.4, 0.5) is 5.69 Å². The standard InChI is InChI=1S/C32H37ClN2O5S/c1-39-28-6-2-4-21-16-30(21)41(37,38)34-31(36)22-8-12-29-27(15-22)35(17-23-7-10-25(23)28)18-32(19-40-29)13-3-5-20-14-24(33)9-11-26(20)32/h2,6,8-9,11-12,14-15,21,23,25,28,30H,3-5,7,10,13,16-19H2,1H3,(H,34,36)/b6-2-/t21-,23+,25-,28+,30-,32+/m1/s1. The van der Waals surface area contributed by atoms with Crippen molar-refractivity contribution < 1.29 is 22.7 Å². The fraction of sp³-hybridized carbons (Fsp3) is 0.531. The third-order valence-corrected chi connectivity index (χ3v) is 12.3. The molecule has 2 aliphatic heterocycles. The second-order valence-corrected chi connectivity index (χ2v) is 15.0. The molecule has 218 valence electrons. The van der Waals surface area contributed by atoms with Gasteiger partial charge in [-0.3, -0.25) is 4.79 Å². The highest BCUT2D eigenvalue weighted by molar-refractivity contribution is 7.91. The monoisotopic (exact) mass is 596 g/mol. The van der Waals surface area contributed by atoms with Gasteiger partial charge in [0.05, 0.1) is 23.6 Å². The lowest BCUT2D eigenvalue weighted by Gasteiger charge is -2.46. The molecule has 2 saturated carbocycles. The van der Waals surface area contributed by atoms with Crippen molar-refractivity contribution in [1.29, 1.82) is 0 Å². The molecule has 1 amide bonds. The summed E-state index contributed by atoms with van der Waals surface area (Å²) < 4.78 is 40.9. The number of nitrogens with one attached hydrogen (secondary N) is 1. The molecule has 0 unspecified atom stereocenters. The highest BCUT2D eigenvalue weighted by Crippen LogP contribution is 2.47. The highest BCUT2D eigenvalue weighted by atomic mass is 35.5. The third kappa shape index (κ3) is 4.96. The Hall–Kier alpha value is -2.55. The van der Waals surface area contributed by atoms with Crippen LogP contribution in [0.5, 0.6) is 5.75 Å². The first-order valence-corrected chi connectivity index (χ1v) is 16.7. The van der Waals surface area contributed by atoms with Gasteiger partial charge in [-0.2, -0.15) is 0 Å². The molecule has 0 radical (unpaired) electrons. The number of carbonyl (C=O) groups excluding carboxylic acids is 1. The van der Waals surface area contributed by atoms with Gasteiger partial charge >= 0.3 is 0 Å². The summed E-state index contributed by atoms with van der Waals surface area (Å²) in [6.45, 7) is 2.09. The number of hydrogen-bond acceptors (Lipinski definition) is 6. The number of methoxy groups -OCH3 is 1. The van der Waals surface area contributed by atoms with Crippen molar-refractivity contribution in [3.8, 4) is 5.75 Å². The van der Waals surface area contributed by atoms with E-state index < -0.39 is 21.2 Å². The summed E-state index contributed by atoms with van der Waals surface area (Å²) in [6.07, 6.45) is 10.7. The van der Waals surface area contributed by atoms with Crippen LogP contribution in [0, 0.1) is 17.8 Å². The first-order valence-electron chi connectivity index (χ1n) is 14.8. The van der Waals surface area contributed by atoms with Crippen LogP contribution >= 0.6 is 11.6 Å². The average Bonchev–Trinajstić information content (AvgIpc) is 3.74. The molecule has 41 heavy (non-hydrogen) atoms. The minimum Gasteiger partial charge on any atom is -0.490 e. The van der Waals surface area contributed by atoms with E-state index in [1.165, 1.54) is 11.1 Å². The summed E-state index contributed by atoms with van der Waals surface area (Å²) in [5.41, 5.74) is 3.53. The number of amides is 1. The Kier molecular flexibility index (Phi) is 6.87. The SMILES string of the molecule is CO[C@H]1/C=C\C[C@@H]2C[C@H]2S(=O)(=O)NC(=O)c2ccc3c(c2)N(C[C@@H]2CC[C@H]21)C[C@@]1(CCCc2cc(Cl)ccc21)CO3. The summed E-state index contributed by atoms with van der Waals surface area (Å²) in [7, 11) is -1.99. The predicted octanol–water partition coefficient (Wildman–Crippen LogP) is 5.26. The number of halogens is 1. The lowest BCUT2D eigenvalue weighted by Crippen LogP contribution is -2.49. The number of sulfonamides is 1. The topological polar surface area (TPSA) is 84.9 Å². The van der Waals surface area contributed by atoms with E-state index in [0.29, 0.717) is 36.8 Å². The highest BCUT2D eigenvalue weighted by Gasteiger charge is 2.48. The Bertz CT molecular complexity index is 1510. The van der Waals surface area contributed by atoms with E-state index in [1.807, 2.05) is 18.2 Å². The number of aryl methyl sites for hydroxylation is 1. The van der Waals surface area contributed by atoms with E-state index in [0.717, 1.165) is 61.7 Å². The molecule has 0 aromatic heterocycles. The summed E-state index contributed by atoms with van der Waals surface area (Å²) in [5.74, 6) is 0.985. The van der Waals surface area contributed by atoms with Crippen molar-refractivity contribution in [1.82, 2.24) is 4.72 Å². The first-order chi connectivity index (χ1) is 19.8. The van der Waals surface area contributed by atoms with Crippen molar-refractivity contribution in [3.63, 3.8) is 0 Å². The number of rotatable bonds is 1. The van der Waals surface area contributed by atoms with Crippen molar-refractivity contribution in [3.05, 3.63) is 70.3 Å². The van der Waals surface area contributed by atoms with Crippen molar-refractivity contribution in [2.75, 3.05) is 31.7 Å². The summed E-state index contributed by atoms with van der Waals surface area (Å²) in [5, 5.41) is 0.213. The number of allylic oxidation sites excluding steroid dienone is 1. The van der Waals surface area contributed by atoms with Gasteiger partial charge in [-0.25, -0.2) is 13.1 Å². The molecule has 1 N–H and O–H groups in total. The van der Waals surface area contributed by atoms with Crippen molar-refractivity contribution in [2.45, 2.75) is 61.7 Å². The van der Waals surface area contributed by atoms with Gasteiger partial charge in [0, 0.05) is 36.2 Å². The second-order valence-electron chi connectivity index (χ2n) is 12.7. The van der Waals surface area contributed by atoms with Gasteiger partial charge in [0.25, 0.3) is 5.91 Å². The lowest BCUT2D eigenvalue weighted by atomic mass is 9.68. The number of hydrogen-bond donors (Lipinski definition) is 1. The quantitative estimate of drug-likeness (QED) is 0.452. The maximum Gasteiger partial charge on any atom is 0.264 e. The van der Waals surface area contributed by atoms with E-state index in [-0.39, 0.29) is 17.4 Å². The predicted molar refractivity (Wildman–Crippen MR) is 159 cm³/mol. The molecule has 2 fully saturated rings. The van der Waals surface area contributed by atoms with Gasteiger partial charge in [0.2, 0.25) is 10.0 Å². The van der Waals surface area contributed by atoms with Gasteiger partial charge in [-0.05, 0) is 104 Å². The van der Waals surface area contributed by atoms with E-state index >= 15 is 0 Å². The third-order valence-electron chi connectivity index (χ3n) is 10.2. The van der Waals surface area contributed by atoms with E-state index in [2.05, 4.69) is 33.9 Å². The fourth-order valence-electron chi connectivity index (χ4n) is 7.69. The maximum atomic E-state index is 13.3. The first kappa shape index (κ1) is 27.3. The van der Waals surface area contributed by atoms with Crippen LogP contribution in [0.1, 0.15) is 60.0 Å². The summed E-state index contributed by atoms with van der Waals surface area (Å²) in [4.78, 5) is 15.7. The molecule has 7 nitrogen and oxygen atoms in total. The van der Waals surface area contributed by atoms with Gasteiger partial charge in [0.15, 0.2) is 0 Å². The Morgan fingerprint density at radius 3 is 2.83 bits per heavy atom. The summed E-state index contributed by atoms with van der Waals surface area (Å²) in [6, 6.07) is 11.6. The van der Waals surface area contributed by atoms with Crippen LogP contribution < -0.4 is 14.4 Å². The summed E-state index contributed by atoms with van der Waals surface area (Å²) >= 11 is 6.40. The number of anilines is 1. The zero-order valence-corrected chi connectivity index (χ0v) is 24.9. The number of nitrogens with zero attached hydrogens (tertiary/aromatic N) is 1. The fourth-order valence-corrected chi connectivity index (χ4v) is 9.53. The van der Waals surface area contributed by atoms with Crippen LogP contribution in [0.2, 0.25) is 5.02 Å². The molecular weight excluding hydrogens is 560 g/mol. The van der Waals surface area contributed by atoms with Crippen LogP contribution in [-0.4, -0.2) is 52.5 Å². The van der Waals surface area contributed by atoms with Crippen LogP contribution in [0.3, 0.4) is 0 Å². The average molecular weight is 597 g/mol. The molecule has 1 spiro atoms. The normalized spacial score (nSPS) is 34.5. The van der Waals surface area contributed by atoms with Crippen molar-refractivity contribution in [2.24, 2.45) is 17.8 Å². The Labute approximate surface area is 247 Å². The Balaban J connectivity index is 1.30. The van der Waals surface area contributed by atoms with Crippen LogP contribution in [-0.2, 0) is 26.6 Å². The largest absolute Gasteiger partial charge is 0.490 e.